The van der Waals surface area contributed by atoms with Crippen LogP contribution >= 0.6 is 0 Å². The minimum absolute atomic E-state index is 0.0796. The van der Waals surface area contributed by atoms with Crippen LogP contribution in [0.15, 0.2) is 41.6 Å². The largest absolute Gasteiger partial charge is 0.353 e. The molecule has 4 saturated carbocycles. The fourth-order valence-electron chi connectivity index (χ4n) is 7.24. The van der Waals surface area contributed by atoms with Crippen LogP contribution in [0.1, 0.15) is 60.9 Å². The number of nitrogens with one attached hydrogen (secondary N) is 4. The zero-order chi connectivity index (χ0) is 30.7. The van der Waals surface area contributed by atoms with Crippen molar-refractivity contribution in [3.63, 3.8) is 0 Å². The first-order valence-electron chi connectivity index (χ1n) is 14.9. The number of aromatic nitrogens is 2. The number of likely N-dealkylation sites (N-methyl/N-ethyl adjacent to an activating group) is 1. The average molecular weight is 591 g/mol. The van der Waals surface area contributed by atoms with Gasteiger partial charge in [-0.3, -0.25) is 33.8 Å². The van der Waals surface area contributed by atoms with Crippen LogP contribution in [0.2, 0.25) is 0 Å². The number of hydrogen-bond acceptors (Lipinski definition) is 7. The molecule has 4 aliphatic rings. The molecule has 4 amide bonds. The Hall–Kier alpha value is -4.35. The van der Waals surface area contributed by atoms with E-state index in [1.807, 2.05) is 0 Å². The maximum atomic E-state index is 13.3. The molecule has 0 unspecified atom stereocenters. The van der Waals surface area contributed by atoms with Crippen molar-refractivity contribution < 1.29 is 24.0 Å². The lowest BCUT2D eigenvalue weighted by Gasteiger charge is -2.54. The van der Waals surface area contributed by atoms with E-state index in [9.17, 15) is 28.8 Å². The standard InChI is InChI=1S/C31H38N6O6/c1-17-8-22(15-33-14-17)28(40)34-23(5-6-25(38)30(42)32-2)29(41)35-24-4-3-7-37(31(24)43)16-26(39)36-27-20-10-18-9-19(12-20)13-21(27)11-18/h3-4,7-8,14-15,18-21,23,27H,5-6,9-13,16H2,1-2H3,(H,32,42)(H,34,40)(H,35,41)(H,36,39)/t18?,19?,20?,21?,23-,27?/m0/s1. The lowest BCUT2D eigenvalue weighted by atomic mass is 9.54. The molecule has 2 aromatic heterocycles. The van der Waals surface area contributed by atoms with Crippen LogP contribution in [-0.2, 0) is 25.7 Å². The van der Waals surface area contributed by atoms with Gasteiger partial charge in [-0.15, -0.1) is 0 Å². The van der Waals surface area contributed by atoms with Crippen LogP contribution in [0.25, 0.3) is 0 Å². The highest BCUT2D eigenvalue weighted by Crippen LogP contribution is 2.53. The van der Waals surface area contributed by atoms with E-state index in [-0.39, 0.29) is 42.6 Å². The quantitative estimate of drug-likeness (QED) is 0.286. The number of hydrogen-bond donors (Lipinski definition) is 4. The molecule has 12 heteroatoms. The maximum absolute atomic E-state index is 13.3. The zero-order valence-electron chi connectivity index (χ0n) is 24.4. The predicted octanol–water partition coefficient (Wildman–Crippen LogP) is 1.33. The number of nitrogens with zero attached hydrogens (tertiary/aromatic N) is 2. The van der Waals surface area contributed by atoms with Crippen molar-refractivity contribution in [3.05, 3.63) is 58.3 Å². The van der Waals surface area contributed by atoms with Crippen LogP contribution in [0.5, 0.6) is 0 Å². The molecule has 0 saturated heterocycles. The van der Waals surface area contributed by atoms with Crippen molar-refractivity contribution in [2.24, 2.45) is 23.7 Å². The Balaban J connectivity index is 1.25. The number of rotatable bonds is 11. The van der Waals surface area contributed by atoms with E-state index in [4.69, 9.17) is 0 Å². The monoisotopic (exact) mass is 590 g/mol. The summed E-state index contributed by atoms with van der Waals surface area (Å²) >= 11 is 0. The van der Waals surface area contributed by atoms with Gasteiger partial charge in [0.05, 0.1) is 5.56 Å². The molecule has 2 heterocycles. The van der Waals surface area contributed by atoms with Crippen molar-refractivity contribution in [3.8, 4) is 0 Å². The van der Waals surface area contributed by atoms with Crippen LogP contribution in [0, 0.1) is 30.6 Å². The Morgan fingerprint density at radius 3 is 2.37 bits per heavy atom. The Morgan fingerprint density at radius 2 is 1.72 bits per heavy atom. The van der Waals surface area contributed by atoms with E-state index in [0.717, 1.165) is 43.1 Å². The zero-order valence-corrected chi connectivity index (χ0v) is 24.4. The number of aryl methyl sites for hydroxylation is 1. The van der Waals surface area contributed by atoms with Gasteiger partial charge in [-0.05, 0) is 92.9 Å². The molecule has 43 heavy (non-hydrogen) atoms. The minimum atomic E-state index is -1.24. The third-order valence-corrected chi connectivity index (χ3v) is 9.05. The summed E-state index contributed by atoms with van der Waals surface area (Å²) in [6, 6.07) is 3.45. The van der Waals surface area contributed by atoms with Crippen LogP contribution in [0.3, 0.4) is 0 Å². The average Bonchev–Trinajstić information content (AvgIpc) is 2.98. The molecule has 1 atom stereocenters. The Labute approximate surface area is 249 Å². The fraction of sp³-hybridized carbons (Fsp3) is 0.516. The molecule has 0 aliphatic heterocycles. The van der Waals surface area contributed by atoms with Crippen molar-refractivity contribution in [1.82, 2.24) is 25.5 Å². The highest BCUT2D eigenvalue weighted by atomic mass is 16.2. The summed E-state index contributed by atoms with van der Waals surface area (Å²) in [5.74, 6) is -0.591. The summed E-state index contributed by atoms with van der Waals surface area (Å²) in [5, 5.41) is 10.6. The van der Waals surface area contributed by atoms with E-state index in [1.165, 1.54) is 36.5 Å². The second-order valence-corrected chi connectivity index (χ2v) is 12.2. The fourth-order valence-corrected chi connectivity index (χ4v) is 7.24. The van der Waals surface area contributed by atoms with Crippen LogP contribution in [-0.4, -0.2) is 58.1 Å². The second kappa shape index (κ2) is 12.9. The molecule has 4 fully saturated rings. The van der Waals surface area contributed by atoms with E-state index in [0.29, 0.717) is 11.8 Å². The Kier molecular flexibility index (Phi) is 9.02. The minimum Gasteiger partial charge on any atom is -0.353 e. The SMILES string of the molecule is CNC(=O)C(=O)CC[C@H](NC(=O)c1cncc(C)c1)C(=O)Nc1cccn(CC(=O)NC2C3CC4CC(C3)CC2C4)c1=O. The van der Waals surface area contributed by atoms with E-state index in [1.54, 1.807) is 25.3 Å². The van der Waals surface area contributed by atoms with Gasteiger partial charge in [0.1, 0.15) is 18.3 Å². The van der Waals surface area contributed by atoms with E-state index in [2.05, 4.69) is 26.3 Å². The Morgan fingerprint density at radius 1 is 1.02 bits per heavy atom. The van der Waals surface area contributed by atoms with Crippen molar-refractivity contribution in [1.29, 1.82) is 0 Å². The van der Waals surface area contributed by atoms with E-state index >= 15 is 0 Å². The molecule has 2 aromatic rings. The third kappa shape index (κ3) is 7.00. The normalized spacial score (nSPS) is 24.1. The third-order valence-electron chi connectivity index (χ3n) is 9.05. The number of amides is 4. The summed E-state index contributed by atoms with van der Waals surface area (Å²) in [7, 11) is 1.32. The lowest BCUT2D eigenvalue weighted by Crippen LogP contribution is -2.56. The smallest absolute Gasteiger partial charge is 0.287 e. The maximum Gasteiger partial charge on any atom is 0.287 e. The van der Waals surface area contributed by atoms with Crippen LogP contribution in [0.4, 0.5) is 5.69 Å². The summed E-state index contributed by atoms with van der Waals surface area (Å²) < 4.78 is 1.24. The van der Waals surface area contributed by atoms with Crippen molar-refractivity contribution in [2.45, 2.75) is 70.5 Å². The molecule has 4 aliphatic carbocycles. The number of carbonyl (C=O) groups excluding carboxylic acids is 5. The second-order valence-electron chi connectivity index (χ2n) is 12.2. The molecule has 12 nitrogen and oxygen atoms in total. The van der Waals surface area contributed by atoms with Gasteiger partial charge in [-0.25, -0.2) is 0 Å². The summed E-state index contributed by atoms with van der Waals surface area (Å²) in [5.41, 5.74) is 0.290. The van der Waals surface area contributed by atoms with Crippen LogP contribution < -0.4 is 26.8 Å². The molecular formula is C31H38N6O6. The molecule has 6 rings (SSSR count). The van der Waals surface area contributed by atoms with Gasteiger partial charge in [-0.2, -0.15) is 0 Å². The summed E-state index contributed by atoms with van der Waals surface area (Å²) in [6.07, 6.45) is 9.87. The van der Waals surface area contributed by atoms with Crippen molar-refractivity contribution in [2.75, 3.05) is 12.4 Å². The lowest BCUT2D eigenvalue weighted by molar-refractivity contribution is -0.137. The molecule has 4 N–H and O–H groups in total. The highest BCUT2D eigenvalue weighted by molar-refractivity contribution is 6.36. The first kappa shape index (κ1) is 30.1. The van der Waals surface area contributed by atoms with Gasteiger partial charge in [0.15, 0.2) is 0 Å². The predicted molar refractivity (Wildman–Crippen MR) is 157 cm³/mol. The van der Waals surface area contributed by atoms with Gasteiger partial charge in [0, 0.05) is 38.1 Å². The highest BCUT2D eigenvalue weighted by Gasteiger charge is 2.48. The number of pyridine rings is 2. The molecule has 0 aromatic carbocycles. The number of anilines is 1. The molecule has 4 bridgehead atoms. The van der Waals surface area contributed by atoms with Gasteiger partial charge >= 0.3 is 0 Å². The number of Topliss-reactive ketones (excluding diaryl/α,β-unsaturated/α-hetero) is 1. The van der Waals surface area contributed by atoms with E-state index < -0.39 is 35.1 Å². The van der Waals surface area contributed by atoms with Gasteiger partial charge in [0.2, 0.25) is 17.6 Å². The molecule has 228 valence electrons. The van der Waals surface area contributed by atoms with Gasteiger partial charge in [0.25, 0.3) is 17.4 Å². The summed E-state index contributed by atoms with van der Waals surface area (Å²) in [6.45, 7) is 1.58. The topological polar surface area (TPSA) is 168 Å². The van der Waals surface area contributed by atoms with Gasteiger partial charge in [-0.1, -0.05) is 0 Å². The number of ketones is 1. The molecular weight excluding hydrogens is 552 g/mol. The molecule has 0 spiro atoms. The van der Waals surface area contributed by atoms with Crippen molar-refractivity contribution >= 4 is 35.1 Å². The Bertz CT molecular complexity index is 1460. The first-order chi connectivity index (χ1) is 20.6. The number of carbonyl (C=O) groups is 5. The molecule has 0 radical (unpaired) electrons. The first-order valence-corrected chi connectivity index (χ1v) is 14.9. The van der Waals surface area contributed by atoms with Gasteiger partial charge < -0.3 is 25.8 Å². The summed E-state index contributed by atoms with van der Waals surface area (Å²) in [4.78, 5) is 80.3.